The molecule has 1 N–H and O–H groups in total. The molecule has 0 aromatic heterocycles. The second-order valence-corrected chi connectivity index (χ2v) is 6.74. The van der Waals surface area contributed by atoms with Gasteiger partial charge in [0.05, 0.1) is 11.0 Å². The van der Waals surface area contributed by atoms with Crippen LogP contribution in [0.25, 0.3) is 0 Å². The van der Waals surface area contributed by atoms with Crippen LogP contribution in [0.1, 0.15) is 64.9 Å². The van der Waals surface area contributed by atoms with Crippen molar-refractivity contribution in [2.24, 2.45) is 5.41 Å². The van der Waals surface area contributed by atoms with Gasteiger partial charge < -0.3 is 9.84 Å². The van der Waals surface area contributed by atoms with Gasteiger partial charge in [0.15, 0.2) is 0 Å². The zero-order chi connectivity index (χ0) is 15.5. The topological polar surface area (TPSA) is 46.5 Å². The lowest BCUT2D eigenvalue weighted by Crippen LogP contribution is -2.29. The number of esters is 1. The van der Waals surface area contributed by atoms with Gasteiger partial charge in [0, 0.05) is 0 Å². The summed E-state index contributed by atoms with van der Waals surface area (Å²) >= 11 is 0. The lowest BCUT2D eigenvalue weighted by molar-refractivity contribution is -0.144. The van der Waals surface area contributed by atoms with E-state index >= 15 is 0 Å². The average Bonchev–Trinajstić information content (AvgIpc) is 2.48. The number of hydrogen-bond acceptors (Lipinski definition) is 3. The molecule has 1 saturated carbocycles. The second kappa shape index (κ2) is 6.18. The fourth-order valence-corrected chi connectivity index (χ4v) is 2.65. The largest absolute Gasteiger partial charge is 0.426 e. The first-order valence-electron chi connectivity index (χ1n) is 7.93. The number of benzene rings is 1. The number of carbonyl (C=O) groups is 1. The van der Waals surface area contributed by atoms with E-state index in [9.17, 15) is 9.90 Å². The maximum Gasteiger partial charge on any atom is 0.316 e. The van der Waals surface area contributed by atoms with E-state index in [-0.39, 0.29) is 5.97 Å². The molecule has 1 aromatic carbocycles. The standard InChI is InChI=1S/C18H26O3/c1-4-17(2,3)16(19)21-15-10-8-14(9-11-15)18(20)12-6-5-7-13-18/h8-11,20H,4-7,12-13H2,1-3H3. The van der Waals surface area contributed by atoms with Gasteiger partial charge in [0.2, 0.25) is 0 Å². The minimum absolute atomic E-state index is 0.214. The number of aliphatic hydroxyl groups is 1. The monoisotopic (exact) mass is 290 g/mol. The first-order chi connectivity index (χ1) is 9.87. The minimum Gasteiger partial charge on any atom is -0.426 e. The minimum atomic E-state index is -0.705. The molecular formula is C18H26O3. The van der Waals surface area contributed by atoms with Crippen molar-refractivity contribution in [1.29, 1.82) is 0 Å². The van der Waals surface area contributed by atoms with Crippen LogP contribution < -0.4 is 4.74 Å². The number of carbonyl (C=O) groups excluding carboxylic acids is 1. The third-order valence-corrected chi connectivity index (χ3v) is 4.72. The van der Waals surface area contributed by atoms with Crippen molar-refractivity contribution >= 4 is 5.97 Å². The van der Waals surface area contributed by atoms with Crippen molar-refractivity contribution in [3.63, 3.8) is 0 Å². The molecule has 1 aliphatic rings. The molecule has 3 heteroatoms. The van der Waals surface area contributed by atoms with Crippen LogP contribution in [0.15, 0.2) is 24.3 Å². The first kappa shape index (κ1) is 16.0. The molecule has 2 rings (SSSR count). The highest BCUT2D eigenvalue weighted by Gasteiger charge is 2.31. The van der Waals surface area contributed by atoms with Crippen LogP contribution >= 0.6 is 0 Å². The van der Waals surface area contributed by atoms with E-state index in [1.165, 1.54) is 6.42 Å². The van der Waals surface area contributed by atoms with Gasteiger partial charge in [0.1, 0.15) is 5.75 Å². The average molecular weight is 290 g/mol. The molecule has 0 unspecified atom stereocenters. The third-order valence-electron chi connectivity index (χ3n) is 4.72. The van der Waals surface area contributed by atoms with Crippen LogP contribution in [-0.4, -0.2) is 11.1 Å². The quantitative estimate of drug-likeness (QED) is 0.668. The van der Waals surface area contributed by atoms with E-state index in [0.29, 0.717) is 5.75 Å². The number of hydrogen-bond donors (Lipinski definition) is 1. The van der Waals surface area contributed by atoms with Gasteiger partial charge >= 0.3 is 5.97 Å². The Kier molecular flexibility index (Phi) is 4.72. The summed E-state index contributed by atoms with van der Waals surface area (Å²) in [5.74, 6) is 0.332. The van der Waals surface area contributed by atoms with E-state index in [0.717, 1.165) is 37.7 Å². The Morgan fingerprint density at radius 3 is 2.29 bits per heavy atom. The Balaban J connectivity index is 2.07. The zero-order valence-electron chi connectivity index (χ0n) is 13.3. The van der Waals surface area contributed by atoms with Gasteiger partial charge in [-0.15, -0.1) is 0 Å². The molecule has 0 amide bonds. The fourth-order valence-electron chi connectivity index (χ4n) is 2.65. The summed E-state index contributed by atoms with van der Waals surface area (Å²) in [5.41, 5.74) is -0.249. The molecule has 1 aliphatic carbocycles. The maximum atomic E-state index is 12.0. The highest BCUT2D eigenvalue weighted by atomic mass is 16.5. The summed E-state index contributed by atoms with van der Waals surface area (Å²) in [5, 5.41) is 10.7. The fraction of sp³-hybridized carbons (Fsp3) is 0.611. The number of rotatable bonds is 4. The van der Waals surface area contributed by atoms with E-state index in [1.54, 1.807) is 12.1 Å². The van der Waals surface area contributed by atoms with Gasteiger partial charge in [-0.1, -0.05) is 38.3 Å². The molecular weight excluding hydrogens is 264 g/mol. The molecule has 0 bridgehead atoms. The molecule has 0 radical (unpaired) electrons. The number of ether oxygens (including phenoxy) is 1. The van der Waals surface area contributed by atoms with Crippen molar-refractivity contribution < 1.29 is 14.6 Å². The van der Waals surface area contributed by atoms with Crippen LogP contribution in [0.4, 0.5) is 0 Å². The SMILES string of the molecule is CCC(C)(C)C(=O)Oc1ccc(C2(O)CCCCC2)cc1. The molecule has 116 valence electrons. The van der Waals surface area contributed by atoms with E-state index in [2.05, 4.69) is 0 Å². The molecule has 0 saturated heterocycles. The Hall–Kier alpha value is -1.35. The van der Waals surface area contributed by atoms with Gasteiger partial charge in [-0.3, -0.25) is 4.79 Å². The Morgan fingerprint density at radius 1 is 1.19 bits per heavy atom. The molecule has 0 atom stereocenters. The molecule has 1 aromatic rings. The van der Waals surface area contributed by atoms with E-state index in [1.807, 2.05) is 32.9 Å². The Morgan fingerprint density at radius 2 is 1.76 bits per heavy atom. The highest BCUT2D eigenvalue weighted by molar-refractivity contribution is 5.78. The predicted molar refractivity (Wildman–Crippen MR) is 83.1 cm³/mol. The first-order valence-corrected chi connectivity index (χ1v) is 7.93. The van der Waals surface area contributed by atoms with Crippen LogP contribution in [0.3, 0.4) is 0 Å². The Labute approximate surface area is 127 Å². The maximum absolute atomic E-state index is 12.0. The molecule has 3 nitrogen and oxygen atoms in total. The third kappa shape index (κ3) is 3.65. The predicted octanol–water partition coefficient (Wildman–Crippen LogP) is 4.18. The van der Waals surface area contributed by atoms with Crippen LogP contribution in [-0.2, 0) is 10.4 Å². The molecule has 0 spiro atoms. The molecule has 0 heterocycles. The van der Waals surface area contributed by atoms with Gasteiger partial charge in [-0.05, 0) is 50.8 Å². The molecule has 1 fully saturated rings. The lowest BCUT2D eigenvalue weighted by atomic mass is 9.80. The van der Waals surface area contributed by atoms with Crippen LogP contribution in [0, 0.1) is 5.41 Å². The van der Waals surface area contributed by atoms with Gasteiger partial charge in [-0.25, -0.2) is 0 Å². The van der Waals surface area contributed by atoms with E-state index in [4.69, 9.17) is 4.74 Å². The van der Waals surface area contributed by atoms with Crippen molar-refractivity contribution in [3.05, 3.63) is 29.8 Å². The van der Waals surface area contributed by atoms with E-state index < -0.39 is 11.0 Å². The summed E-state index contributed by atoms with van der Waals surface area (Å²) < 4.78 is 5.42. The van der Waals surface area contributed by atoms with Gasteiger partial charge in [-0.2, -0.15) is 0 Å². The van der Waals surface area contributed by atoms with Crippen molar-refractivity contribution in [1.82, 2.24) is 0 Å². The summed E-state index contributed by atoms with van der Waals surface area (Å²) in [7, 11) is 0. The van der Waals surface area contributed by atoms with Gasteiger partial charge in [0.25, 0.3) is 0 Å². The smallest absolute Gasteiger partial charge is 0.316 e. The summed E-state index contributed by atoms with van der Waals surface area (Å²) in [6.07, 6.45) is 5.70. The lowest BCUT2D eigenvalue weighted by Gasteiger charge is -2.32. The highest BCUT2D eigenvalue weighted by Crippen LogP contribution is 2.37. The second-order valence-electron chi connectivity index (χ2n) is 6.74. The Bertz CT molecular complexity index is 482. The zero-order valence-corrected chi connectivity index (χ0v) is 13.3. The summed E-state index contributed by atoms with van der Waals surface area (Å²) in [4.78, 5) is 12.0. The van der Waals surface area contributed by atoms with Crippen molar-refractivity contribution in [3.8, 4) is 5.75 Å². The normalized spacial score (nSPS) is 18.3. The van der Waals surface area contributed by atoms with Crippen LogP contribution in [0.2, 0.25) is 0 Å². The summed E-state index contributed by atoms with van der Waals surface area (Å²) in [6, 6.07) is 7.33. The molecule has 0 aliphatic heterocycles. The molecule has 21 heavy (non-hydrogen) atoms. The summed E-state index contributed by atoms with van der Waals surface area (Å²) in [6.45, 7) is 5.74. The van der Waals surface area contributed by atoms with Crippen LogP contribution in [0.5, 0.6) is 5.75 Å². The van der Waals surface area contributed by atoms with Crippen molar-refractivity contribution in [2.75, 3.05) is 0 Å². The van der Waals surface area contributed by atoms with Crippen molar-refractivity contribution in [2.45, 2.75) is 64.9 Å².